The van der Waals surface area contributed by atoms with Gasteiger partial charge in [0.15, 0.2) is 0 Å². The Balaban J connectivity index is 3.80. The van der Waals surface area contributed by atoms with E-state index >= 15 is 0 Å². The van der Waals surface area contributed by atoms with Gasteiger partial charge in [-0.15, -0.1) is 0 Å². The van der Waals surface area contributed by atoms with Crippen LogP contribution in [0.1, 0.15) is 30.5 Å². The predicted octanol–water partition coefficient (Wildman–Crippen LogP) is 6.74. The summed E-state index contributed by atoms with van der Waals surface area (Å²) in [6.07, 6.45) is -8.68. The summed E-state index contributed by atoms with van der Waals surface area (Å²) in [5.41, 5.74) is -3.19. The third-order valence-corrected chi connectivity index (χ3v) is 4.37. The minimum Gasteiger partial charge on any atom is -0.169 e. The van der Waals surface area contributed by atoms with Gasteiger partial charge in [0, 0.05) is 0 Å². The van der Waals surface area contributed by atoms with Crippen LogP contribution in [-0.4, -0.2) is 12.4 Å². The van der Waals surface area contributed by atoms with Crippen molar-refractivity contribution < 1.29 is 26.3 Å². The fourth-order valence-electron chi connectivity index (χ4n) is 2.30. The predicted molar refractivity (Wildman–Crippen MR) is 87.4 cm³/mol. The van der Waals surface area contributed by atoms with E-state index in [9.17, 15) is 26.3 Å². The lowest BCUT2D eigenvalue weighted by molar-refractivity contribution is -0.286. The van der Waals surface area contributed by atoms with E-state index in [-0.39, 0.29) is 11.6 Å². The van der Waals surface area contributed by atoms with Crippen LogP contribution in [0.15, 0.2) is 54.2 Å². The lowest BCUT2D eigenvalue weighted by Crippen LogP contribution is -2.52. The van der Waals surface area contributed by atoms with E-state index in [2.05, 4.69) is 6.58 Å². The van der Waals surface area contributed by atoms with Crippen molar-refractivity contribution in [3.05, 3.63) is 70.8 Å². The number of benzene rings is 1. The maximum absolute atomic E-state index is 13.7. The van der Waals surface area contributed by atoms with Crippen LogP contribution in [0.3, 0.4) is 0 Å². The summed E-state index contributed by atoms with van der Waals surface area (Å²) in [6.45, 7) is 9.57. The van der Waals surface area contributed by atoms with E-state index in [4.69, 9.17) is 0 Å². The zero-order valence-corrected chi connectivity index (χ0v) is 14.4. The first-order chi connectivity index (χ1) is 11.3. The normalized spacial score (nSPS) is 14.6. The number of aryl methyl sites for hydroxylation is 2. The van der Waals surface area contributed by atoms with E-state index in [0.29, 0.717) is 16.7 Å². The van der Waals surface area contributed by atoms with Gasteiger partial charge in [0.25, 0.3) is 0 Å². The van der Waals surface area contributed by atoms with Gasteiger partial charge in [0.1, 0.15) is 0 Å². The molecular formula is C19H20F6. The van der Waals surface area contributed by atoms with Gasteiger partial charge in [-0.3, -0.25) is 0 Å². The molecule has 0 aliphatic rings. The van der Waals surface area contributed by atoms with Gasteiger partial charge in [0.05, 0.1) is 0 Å². The zero-order valence-electron chi connectivity index (χ0n) is 14.4. The molecule has 6 heteroatoms. The molecule has 0 aromatic heterocycles. The molecule has 0 saturated heterocycles. The first-order valence-corrected chi connectivity index (χ1v) is 7.48. The molecule has 0 unspecified atom stereocenters. The molecule has 0 fully saturated rings. The lowest BCUT2D eigenvalue weighted by Gasteiger charge is -2.35. The molecule has 25 heavy (non-hydrogen) atoms. The van der Waals surface area contributed by atoms with Crippen molar-refractivity contribution in [3.63, 3.8) is 0 Å². The Morgan fingerprint density at radius 3 is 1.80 bits per heavy atom. The van der Waals surface area contributed by atoms with Crippen LogP contribution in [0.2, 0.25) is 0 Å². The van der Waals surface area contributed by atoms with Crippen LogP contribution in [0.4, 0.5) is 26.3 Å². The summed E-state index contributed by atoms with van der Waals surface area (Å²) < 4.78 is 82.3. The molecule has 0 nitrogen and oxygen atoms in total. The second-order valence-electron chi connectivity index (χ2n) is 6.01. The topological polar surface area (TPSA) is 0 Å². The van der Waals surface area contributed by atoms with Gasteiger partial charge in [-0.05, 0) is 55.5 Å². The van der Waals surface area contributed by atoms with E-state index in [0.717, 1.165) is 18.2 Å². The van der Waals surface area contributed by atoms with Crippen molar-refractivity contribution in [1.82, 2.24) is 0 Å². The summed E-state index contributed by atoms with van der Waals surface area (Å²) in [7, 11) is 0. The number of alkyl halides is 6. The van der Waals surface area contributed by atoms with Crippen molar-refractivity contribution in [2.75, 3.05) is 0 Å². The summed E-state index contributed by atoms with van der Waals surface area (Å²) >= 11 is 0. The molecule has 0 heterocycles. The second-order valence-corrected chi connectivity index (χ2v) is 6.01. The first kappa shape index (κ1) is 21.1. The van der Waals surface area contributed by atoms with Crippen molar-refractivity contribution >= 4 is 0 Å². The number of hydrogen-bond donors (Lipinski definition) is 0. The Kier molecular flexibility index (Phi) is 5.98. The highest BCUT2D eigenvalue weighted by atomic mass is 19.4. The fourth-order valence-corrected chi connectivity index (χ4v) is 2.30. The van der Waals surface area contributed by atoms with Gasteiger partial charge in [-0.25, -0.2) is 0 Å². The van der Waals surface area contributed by atoms with Crippen molar-refractivity contribution in [3.8, 4) is 0 Å². The minimum atomic E-state index is -5.55. The summed E-state index contributed by atoms with van der Waals surface area (Å²) in [5, 5.41) is 0. The van der Waals surface area contributed by atoms with Crippen molar-refractivity contribution in [2.45, 2.75) is 45.5 Å². The average Bonchev–Trinajstić information content (AvgIpc) is 2.47. The second kappa shape index (κ2) is 7.10. The molecule has 1 aromatic carbocycles. The summed E-state index contributed by atoms with van der Waals surface area (Å²) in [6, 6.07) is 3.09. The van der Waals surface area contributed by atoms with Gasteiger partial charge in [-0.1, -0.05) is 43.0 Å². The number of halogens is 6. The van der Waals surface area contributed by atoms with Gasteiger partial charge >= 0.3 is 12.4 Å². The molecule has 0 amide bonds. The van der Waals surface area contributed by atoms with E-state index in [1.165, 1.54) is 26.0 Å². The smallest absolute Gasteiger partial charge is 0.169 e. The first-order valence-electron chi connectivity index (χ1n) is 7.48. The van der Waals surface area contributed by atoms with Crippen LogP contribution in [0, 0.1) is 13.8 Å². The Bertz CT molecular complexity index is 688. The third kappa shape index (κ3) is 3.99. The molecule has 0 radical (unpaired) electrons. The third-order valence-electron chi connectivity index (χ3n) is 4.37. The van der Waals surface area contributed by atoms with Crippen LogP contribution < -0.4 is 0 Å². The van der Waals surface area contributed by atoms with E-state index in [1.54, 1.807) is 13.8 Å². The fraction of sp³-hybridized carbons (Fsp3) is 0.368. The highest BCUT2D eigenvalue weighted by Crippen LogP contribution is 2.53. The molecular weight excluding hydrogens is 342 g/mol. The largest absolute Gasteiger partial charge is 0.410 e. The molecule has 0 spiro atoms. The Hall–Kier alpha value is -1.98. The summed E-state index contributed by atoms with van der Waals surface area (Å²) in [4.78, 5) is 0. The molecule has 0 aliphatic carbocycles. The molecule has 0 atom stereocenters. The lowest BCUT2D eigenvalue weighted by atomic mass is 9.77. The van der Waals surface area contributed by atoms with Crippen LogP contribution in [-0.2, 0) is 5.41 Å². The van der Waals surface area contributed by atoms with Gasteiger partial charge in [-0.2, -0.15) is 26.3 Å². The average molecular weight is 362 g/mol. The van der Waals surface area contributed by atoms with Gasteiger partial charge in [0.2, 0.25) is 5.41 Å². The highest BCUT2D eigenvalue weighted by molar-refractivity contribution is 5.43. The van der Waals surface area contributed by atoms with Crippen molar-refractivity contribution in [2.24, 2.45) is 0 Å². The van der Waals surface area contributed by atoms with E-state index in [1.807, 2.05) is 0 Å². The number of hydrogen-bond acceptors (Lipinski definition) is 0. The number of allylic oxidation sites excluding steroid dienone is 5. The SMILES string of the molecule is C=C/C(C)=C(C)\C=C\C(c1ccc(C)c(C)c1)(C(F)(F)F)C(F)(F)F. The molecule has 0 aliphatic heterocycles. The molecule has 0 saturated carbocycles. The zero-order chi connectivity index (χ0) is 19.6. The summed E-state index contributed by atoms with van der Waals surface area (Å²) in [5.74, 6) is 0. The van der Waals surface area contributed by atoms with Crippen LogP contribution in [0.25, 0.3) is 0 Å². The maximum atomic E-state index is 13.7. The standard InChI is InChI=1S/C19H20F6/c1-6-12(2)14(4)9-10-17(18(20,21)22,19(23,24)25)16-8-7-13(3)15(5)11-16/h6-11H,1H2,2-5H3/b10-9+,14-12-. The Labute approximate surface area is 143 Å². The monoisotopic (exact) mass is 362 g/mol. The minimum absolute atomic E-state index is 0.194. The molecule has 1 rings (SSSR count). The van der Waals surface area contributed by atoms with Crippen LogP contribution >= 0.6 is 0 Å². The molecule has 138 valence electrons. The van der Waals surface area contributed by atoms with E-state index < -0.39 is 23.3 Å². The van der Waals surface area contributed by atoms with Crippen LogP contribution in [0.5, 0.6) is 0 Å². The highest BCUT2D eigenvalue weighted by Gasteiger charge is 2.70. The van der Waals surface area contributed by atoms with Gasteiger partial charge < -0.3 is 0 Å². The number of rotatable bonds is 4. The quantitative estimate of drug-likeness (QED) is 0.411. The van der Waals surface area contributed by atoms with Crippen molar-refractivity contribution in [1.29, 1.82) is 0 Å². The Morgan fingerprint density at radius 2 is 1.40 bits per heavy atom. The molecule has 1 aromatic rings. The molecule has 0 bridgehead atoms. The molecule has 0 N–H and O–H groups in total. The maximum Gasteiger partial charge on any atom is 0.410 e. The Morgan fingerprint density at radius 1 is 0.880 bits per heavy atom.